The van der Waals surface area contributed by atoms with Crippen molar-refractivity contribution in [1.82, 2.24) is 10.4 Å². The fourth-order valence-corrected chi connectivity index (χ4v) is 1.39. The van der Waals surface area contributed by atoms with Crippen LogP contribution >= 0.6 is 0 Å². The lowest BCUT2D eigenvalue weighted by molar-refractivity contribution is -0.0965. The molecule has 0 radical (unpaired) electrons. The lowest BCUT2D eigenvalue weighted by atomic mass is 10.0. The van der Waals surface area contributed by atoms with Crippen molar-refractivity contribution >= 4 is 0 Å². The largest absolute Gasteiger partial charge is 0.395 e. The van der Waals surface area contributed by atoms with Gasteiger partial charge >= 0.3 is 0 Å². The molecule has 6 nitrogen and oxygen atoms in total. The predicted molar refractivity (Wildman–Crippen MR) is 44.7 cm³/mol. The minimum absolute atomic E-state index is 0.0338. The third kappa shape index (κ3) is 2.60. The Hall–Kier alpha value is -0.240. The Morgan fingerprint density at radius 3 is 2.54 bits per heavy atom. The van der Waals surface area contributed by atoms with Gasteiger partial charge in [-0.15, -0.1) is 0 Å². The minimum Gasteiger partial charge on any atom is -0.395 e. The quantitative estimate of drug-likeness (QED) is 0.325. The highest BCUT2D eigenvalue weighted by molar-refractivity contribution is 4.86. The summed E-state index contributed by atoms with van der Waals surface area (Å²) in [5.41, 5.74) is 2.80. The second kappa shape index (κ2) is 4.85. The van der Waals surface area contributed by atoms with Crippen LogP contribution in [0, 0.1) is 0 Å². The van der Waals surface area contributed by atoms with Gasteiger partial charge in [-0.1, -0.05) is 0 Å². The smallest absolute Gasteiger partial charge is 0.100 e. The third-order valence-corrected chi connectivity index (χ3v) is 2.13. The van der Waals surface area contributed by atoms with Crippen molar-refractivity contribution in [3.05, 3.63) is 0 Å². The lowest BCUT2D eigenvalue weighted by Crippen LogP contribution is -2.64. The van der Waals surface area contributed by atoms with Gasteiger partial charge in [-0.25, -0.2) is 10.4 Å². The van der Waals surface area contributed by atoms with E-state index in [1.165, 1.54) is 0 Å². The molecule has 3 atom stereocenters. The number of nitrogens with one attached hydrogen (secondary N) is 1. The molecular weight excluding hydrogens is 176 g/mol. The van der Waals surface area contributed by atoms with E-state index in [9.17, 15) is 10.2 Å². The number of aliphatic hydroxyl groups excluding tert-OH is 4. The molecule has 0 amide bonds. The lowest BCUT2D eigenvalue weighted by Gasteiger charge is -2.39. The summed E-state index contributed by atoms with van der Waals surface area (Å²) in [5.74, 6) is 0. The molecule has 0 aromatic rings. The summed E-state index contributed by atoms with van der Waals surface area (Å²) in [5, 5.41) is 37.8. The summed E-state index contributed by atoms with van der Waals surface area (Å²) < 4.78 is 0. The van der Waals surface area contributed by atoms with E-state index in [1.807, 2.05) is 0 Å². The Balaban J connectivity index is 2.47. The van der Waals surface area contributed by atoms with Gasteiger partial charge in [-0.05, 0) is 0 Å². The van der Waals surface area contributed by atoms with Crippen molar-refractivity contribution < 1.29 is 20.4 Å². The van der Waals surface area contributed by atoms with E-state index in [0.29, 0.717) is 6.54 Å². The third-order valence-electron chi connectivity index (χ3n) is 2.13. The maximum Gasteiger partial charge on any atom is 0.100 e. The Labute approximate surface area is 76.4 Å². The predicted octanol–water partition coefficient (Wildman–Crippen LogP) is -3.12. The molecule has 0 bridgehead atoms. The summed E-state index contributed by atoms with van der Waals surface area (Å²) >= 11 is 0. The molecule has 0 aromatic heterocycles. The van der Waals surface area contributed by atoms with E-state index < -0.39 is 18.2 Å². The summed E-state index contributed by atoms with van der Waals surface area (Å²) in [7, 11) is 0. The fourth-order valence-electron chi connectivity index (χ4n) is 1.39. The van der Waals surface area contributed by atoms with Crippen molar-refractivity contribution in [3.63, 3.8) is 0 Å². The Morgan fingerprint density at radius 2 is 2.00 bits per heavy atom. The summed E-state index contributed by atoms with van der Waals surface area (Å²) in [6.45, 7) is 0.326. The maximum absolute atomic E-state index is 9.36. The average Bonchev–Trinajstić information content (AvgIpc) is 2.11. The first-order valence-corrected chi connectivity index (χ1v) is 4.28. The second-order valence-corrected chi connectivity index (χ2v) is 3.15. The molecule has 0 spiro atoms. The van der Waals surface area contributed by atoms with Crippen LogP contribution in [-0.2, 0) is 0 Å². The van der Waals surface area contributed by atoms with Crippen molar-refractivity contribution in [2.75, 3.05) is 26.3 Å². The normalized spacial score (nSPS) is 36.5. The summed E-state index contributed by atoms with van der Waals surface area (Å²) in [6.07, 6.45) is -1.84. The van der Waals surface area contributed by atoms with Crippen LogP contribution in [0.3, 0.4) is 0 Å². The van der Waals surface area contributed by atoms with E-state index in [0.717, 1.165) is 0 Å². The van der Waals surface area contributed by atoms with Crippen molar-refractivity contribution in [2.45, 2.75) is 18.2 Å². The van der Waals surface area contributed by atoms with Gasteiger partial charge < -0.3 is 20.4 Å². The van der Waals surface area contributed by atoms with Crippen LogP contribution in [0.4, 0.5) is 0 Å². The molecule has 0 aliphatic carbocycles. The zero-order valence-corrected chi connectivity index (χ0v) is 7.30. The molecule has 13 heavy (non-hydrogen) atoms. The average molecular weight is 192 g/mol. The highest BCUT2D eigenvalue weighted by Gasteiger charge is 2.33. The van der Waals surface area contributed by atoms with Gasteiger partial charge in [0.05, 0.1) is 25.4 Å². The minimum atomic E-state index is -0.958. The summed E-state index contributed by atoms with van der Waals surface area (Å²) in [6, 6.07) is -0.560. The number of hydrogen-bond donors (Lipinski definition) is 5. The van der Waals surface area contributed by atoms with Crippen LogP contribution in [0.5, 0.6) is 0 Å². The highest BCUT2D eigenvalue weighted by Crippen LogP contribution is 2.08. The van der Waals surface area contributed by atoms with Gasteiger partial charge in [0.1, 0.15) is 6.10 Å². The van der Waals surface area contributed by atoms with Crippen LogP contribution in [-0.4, -0.2) is 70.0 Å². The Bertz CT molecular complexity index is 157. The number of hydrazine groups is 1. The molecule has 1 heterocycles. The van der Waals surface area contributed by atoms with E-state index in [4.69, 9.17) is 10.2 Å². The molecule has 6 heteroatoms. The molecule has 5 N–H and O–H groups in total. The van der Waals surface area contributed by atoms with Crippen LogP contribution in [0.1, 0.15) is 0 Å². The van der Waals surface area contributed by atoms with Crippen LogP contribution < -0.4 is 5.43 Å². The standard InChI is InChI=1S/C7H16N2O4/c10-2-1-9-3-6(12)7(13)5(4-11)8-9/h5-8,10-13H,1-4H2. The monoisotopic (exact) mass is 192 g/mol. The molecule has 0 aromatic carbocycles. The zero-order valence-electron chi connectivity index (χ0n) is 7.30. The van der Waals surface area contributed by atoms with Crippen molar-refractivity contribution in [3.8, 4) is 0 Å². The first-order valence-electron chi connectivity index (χ1n) is 4.28. The Morgan fingerprint density at radius 1 is 1.31 bits per heavy atom. The van der Waals surface area contributed by atoms with Gasteiger partial charge in [0.15, 0.2) is 0 Å². The van der Waals surface area contributed by atoms with Crippen molar-refractivity contribution in [2.24, 2.45) is 0 Å². The number of hydrogen-bond acceptors (Lipinski definition) is 6. The molecule has 0 saturated carbocycles. The molecule has 1 aliphatic heterocycles. The molecular formula is C7H16N2O4. The summed E-state index contributed by atoms with van der Waals surface area (Å²) in [4.78, 5) is 0. The first kappa shape index (κ1) is 10.8. The number of β-amino-alcohol motifs (C(OH)–C–C–N with tert-alkyl or cyclic N) is 2. The number of rotatable bonds is 3. The zero-order chi connectivity index (χ0) is 9.84. The topological polar surface area (TPSA) is 96.2 Å². The molecule has 78 valence electrons. The number of aliphatic hydroxyl groups is 4. The van der Waals surface area contributed by atoms with Gasteiger partial charge in [0, 0.05) is 13.1 Å². The maximum atomic E-state index is 9.36. The fraction of sp³-hybridized carbons (Fsp3) is 1.00. The van der Waals surface area contributed by atoms with Crippen LogP contribution in [0.25, 0.3) is 0 Å². The highest BCUT2D eigenvalue weighted by atomic mass is 16.3. The van der Waals surface area contributed by atoms with Crippen molar-refractivity contribution in [1.29, 1.82) is 0 Å². The first-order chi connectivity index (χ1) is 6.19. The SMILES string of the molecule is OCCN1CC(O)C(O)C(CO)N1. The molecule has 1 rings (SSSR count). The molecule has 3 unspecified atom stereocenters. The van der Waals surface area contributed by atoms with E-state index in [2.05, 4.69) is 5.43 Å². The van der Waals surface area contributed by atoms with E-state index in [-0.39, 0.29) is 19.8 Å². The second-order valence-electron chi connectivity index (χ2n) is 3.15. The van der Waals surface area contributed by atoms with Crippen LogP contribution in [0.2, 0.25) is 0 Å². The van der Waals surface area contributed by atoms with Gasteiger partial charge in [-0.3, -0.25) is 0 Å². The molecule has 1 aliphatic rings. The van der Waals surface area contributed by atoms with E-state index >= 15 is 0 Å². The van der Waals surface area contributed by atoms with Gasteiger partial charge in [-0.2, -0.15) is 0 Å². The Kier molecular flexibility index (Phi) is 4.04. The molecule has 1 fully saturated rings. The van der Waals surface area contributed by atoms with Crippen LogP contribution in [0.15, 0.2) is 0 Å². The van der Waals surface area contributed by atoms with E-state index in [1.54, 1.807) is 5.01 Å². The van der Waals surface area contributed by atoms with Gasteiger partial charge in [0.2, 0.25) is 0 Å². The number of nitrogens with zero attached hydrogens (tertiary/aromatic N) is 1. The molecule has 1 saturated heterocycles. The van der Waals surface area contributed by atoms with Gasteiger partial charge in [0.25, 0.3) is 0 Å².